The van der Waals surface area contributed by atoms with Crippen LogP contribution in [0.3, 0.4) is 0 Å². The highest BCUT2D eigenvalue weighted by molar-refractivity contribution is 5.34. The van der Waals surface area contributed by atoms with E-state index < -0.39 is 11.6 Å². The summed E-state index contributed by atoms with van der Waals surface area (Å²) in [4.78, 5) is 0. The first-order valence-corrected chi connectivity index (χ1v) is 6.02. The summed E-state index contributed by atoms with van der Waals surface area (Å²) in [5.41, 5.74) is -0.256. The smallest absolute Gasteiger partial charge is 0.170 e. The van der Waals surface area contributed by atoms with E-state index in [1.807, 2.05) is 0 Å². The van der Waals surface area contributed by atoms with Crippen LogP contribution in [-0.4, -0.2) is 26.8 Å². The predicted octanol–water partition coefficient (Wildman–Crippen LogP) is 1.69. The maximum atomic E-state index is 13.7. The summed E-state index contributed by atoms with van der Waals surface area (Å²) in [7, 11) is 0. The molecule has 1 aromatic carbocycles. The van der Waals surface area contributed by atoms with Crippen molar-refractivity contribution < 1.29 is 8.78 Å². The molecule has 2 aromatic rings. The summed E-state index contributed by atoms with van der Waals surface area (Å²) >= 11 is 0. The van der Waals surface area contributed by atoms with Crippen molar-refractivity contribution in [2.45, 2.75) is 20.4 Å². The van der Waals surface area contributed by atoms with E-state index >= 15 is 0 Å². The molecule has 0 saturated carbocycles. The normalized spacial score (nSPS) is 11.2. The molecule has 0 radical (unpaired) electrons. The number of nitrogens with zero attached hydrogens (tertiary/aromatic N) is 4. The van der Waals surface area contributed by atoms with Crippen LogP contribution >= 0.6 is 0 Å². The minimum absolute atomic E-state index is 0.256. The second-order valence-corrected chi connectivity index (χ2v) is 4.60. The van der Waals surface area contributed by atoms with Crippen molar-refractivity contribution in [2.75, 3.05) is 6.54 Å². The van der Waals surface area contributed by atoms with Crippen molar-refractivity contribution in [2.24, 2.45) is 5.92 Å². The van der Waals surface area contributed by atoms with Crippen molar-refractivity contribution in [1.29, 1.82) is 0 Å². The molecule has 2 rings (SSSR count). The fourth-order valence-corrected chi connectivity index (χ4v) is 1.65. The van der Waals surface area contributed by atoms with Gasteiger partial charge in [-0.1, -0.05) is 19.9 Å². The Morgan fingerprint density at radius 1 is 1.26 bits per heavy atom. The van der Waals surface area contributed by atoms with E-state index in [-0.39, 0.29) is 5.69 Å². The fourth-order valence-electron chi connectivity index (χ4n) is 1.65. The third-order valence-electron chi connectivity index (χ3n) is 2.52. The first-order valence-electron chi connectivity index (χ1n) is 6.02. The lowest BCUT2D eigenvalue weighted by molar-refractivity contribution is 0.524. The Bertz CT molecular complexity index is 533. The third-order valence-corrected chi connectivity index (χ3v) is 2.52. The van der Waals surface area contributed by atoms with Gasteiger partial charge in [0, 0.05) is 0 Å². The van der Waals surface area contributed by atoms with E-state index in [1.54, 1.807) is 0 Å². The maximum Gasteiger partial charge on any atom is 0.170 e. The van der Waals surface area contributed by atoms with Gasteiger partial charge < -0.3 is 5.32 Å². The van der Waals surface area contributed by atoms with E-state index in [9.17, 15) is 8.78 Å². The number of halogens is 2. The van der Waals surface area contributed by atoms with Crippen LogP contribution in [0.25, 0.3) is 5.69 Å². The molecule has 0 spiro atoms. The molecular formula is C12H15F2N5. The summed E-state index contributed by atoms with van der Waals surface area (Å²) < 4.78 is 28.4. The van der Waals surface area contributed by atoms with Crippen LogP contribution in [-0.2, 0) is 6.54 Å². The minimum Gasteiger partial charge on any atom is -0.310 e. The van der Waals surface area contributed by atoms with Gasteiger partial charge in [0.05, 0.1) is 6.54 Å². The Labute approximate surface area is 109 Å². The Hall–Kier alpha value is -1.89. The average molecular weight is 267 g/mol. The first-order chi connectivity index (χ1) is 9.09. The van der Waals surface area contributed by atoms with Crippen LogP contribution < -0.4 is 5.32 Å². The molecule has 7 heteroatoms. The van der Waals surface area contributed by atoms with Crippen LogP contribution in [0.15, 0.2) is 18.2 Å². The van der Waals surface area contributed by atoms with Gasteiger partial charge in [0.15, 0.2) is 17.5 Å². The van der Waals surface area contributed by atoms with Crippen molar-refractivity contribution in [3.8, 4) is 5.69 Å². The lowest BCUT2D eigenvalue weighted by Gasteiger charge is -2.09. The maximum absolute atomic E-state index is 13.7. The van der Waals surface area contributed by atoms with Gasteiger partial charge in [-0.3, -0.25) is 0 Å². The Morgan fingerprint density at radius 3 is 2.58 bits per heavy atom. The molecule has 19 heavy (non-hydrogen) atoms. The van der Waals surface area contributed by atoms with Gasteiger partial charge in [-0.25, -0.2) is 8.78 Å². The van der Waals surface area contributed by atoms with E-state index in [1.165, 1.54) is 18.2 Å². The standard InChI is InChI=1S/C12H15F2N5/c1-8(2)6-15-7-11-16-17-18-19(11)12-9(13)4-3-5-10(12)14/h3-5,8,15H,6-7H2,1-2H3. The second-order valence-electron chi connectivity index (χ2n) is 4.60. The zero-order chi connectivity index (χ0) is 13.8. The van der Waals surface area contributed by atoms with Crippen LogP contribution in [0.5, 0.6) is 0 Å². The zero-order valence-corrected chi connectivity index (χ0v) is 10.8. The zero-order valence-electron chi connectivity index (χ0n) is 10.8. The van der Waals surface area contributed by atoms with Gasteiger partial charge in [-0.05, 0) is 35.0 Å². The second kappa shape index (κ2) is 5.83. The summed E-state index contributed by atoms with van der Waals surface area (Å²) in [6.45, 7) is 5.24. The van der Waals surface area contributed by atoms with Gasteiger partial charge in [0.25, 0.3) is 0 Å². The Morgan fingerprint density at radius 2 is 1.95 bits per heavy atom. The van der Waals surface area contributed by atoms with Crippen LogP contribution in [0.1, 0.15) is 19.7 Å². The van der Waals surface area contributed by atoms with Crippen molar-refractivity contribution >= 4 is 0 Å². The van der Waals surface area contributed by atoms with Gasteiger partial charge in [0.1, 0.15) is 5.69 Å². The van der Waals surface area contributed by atoms with E-state index in [0.29, 0.717) is 18.3 Å². The molecule has 0 aliphatic carbocycles. The predicted molar refractivity (Wildman–Crippen MR) is 65.6 cm³/mol. The molecule has 0 saturated heterocycles. The van der Waals surface area contributed by atoms with Gasteiger partial charge >= 0.3 is 0 Å². The van der Waals surface area contributed by atoms with Crippen LogP contribution in [0.2, 0.25) is 0 Å². The number of hydrogen-bond acceptors (Lipinski definition) is 4. The monoisotopic (exact) mass is 267 g/mol. The van der Waals surface area contributed by atoms with Gasteiger partial charge in [0.2, 0.25) is 0 Å². The molecule has 0 bridgehead atoms. The van der Waals surface area contributed by atoms with E-state index in [4.69, 9.17) is 0 Å². The minimum atomic E-state index is -0.697. The van der Waals surface area contributed by atoms with Gasteiger partial charge in [-0.2, -0.15) is 4.68 Å². The highest BCUT2D eigenvalue weighted by Crippen LogP contribution is 2.17. The molecule has 0 amide bonds. The molecule has 0 unspecified atom stereocenters. The molecule has 0 aliphatic heterocycles. The lowest BCUT2D eigenvalue weighted by Crippen LogP contribution is -2.22. The number of aromatic nitrogens is 4. The molecule has 1 heterocycles. The number of tetrazole rings is 1. The molecule has 1 aromatic heterocycles. The van der Waals surface area contributed by atoms with Crippen LogP contribution in [0, 0.1) is 17.6 Å². The Balaban J connectivity index is 2.24. The summed E-state index contributed by atoms with van der Waals surface area (Å²) in [5, 5.41) is 14.0. The SMILES string of the molecule is CC(C)CNCc1nnnn1-c1c(F)cccc1F. The summed E-state index contributed by atoms with van der Waals surface area (Å²) in [5.74, 6) is -0.561. The number of para-hydroxylation sites is 1. The summed E-state index contributed by atoms with van der Waals surface area (Å²) in [6.07, 6.45) is 0. The largest absolute Gasteiger partial charge is 0.310 e. The van der Waals surface area contributed by atoms with Crippen LogP contribution in [0.4, 0.5) is 8.78 Å². The molecule has 0 atom stereocenters. The van der Waals surface area contributed by atoms with Crippen molar-refractivity contribution in [3.63, 3.8) is 0 Å². The van der Waals surface area contributed by atoms with E-state index in [2.05, 4.69) is 34.7 Å². The molecule has 0 fully saturated rings. The first kappa shape index (κ1) is 13.5. The third kappa shape index (κ3) is 3.11. The number of nitrogens with one attached hydrogen (secondary N) is 1. The topological polar surface area (TPSA) is 55.6 Å². The van der Waals surface area contributed by atoms with Crippen molar-refractivity contribution in [1.82, 2.24) is 25.5 Å². The van der Waals surface area contributed by atoms with Gasteiger partial charge in [-0.15, -0.1) is 5.10 Å². The highest BCUT2D eigenvalue weighted by Gasteiger charge is 2.16. The van der Waals surface area contributed by atoms with Crippen molar-refractivity contribution in [3.05, 3.63) is 35.7 Å². The average Bonchev–Trinajstić information content (AvgIpc) is 2.77. The molecule has 102 valence electrons. The van der Waals surface area contributed by atoms with E-state index in [0.717, 1.165) is 11.2 Å². The number of benzene rings is 1. The molecule has 0 aliphatic rings. The lowest BCUT2D eigenvalue weighted by atomic mass is 10.2. The highest BCUT2D eigenvalue weighted by atomic mass is 19.1. The molecule has 5 nitrogen and oxygen atoms in total. The molecule has 1 N–H and O–H groups in total. The number of rotatable bonds is 5. The Kier molecular flexibility index (Phi) is 4.16. The number of hydrogen-bond donors (Lipinski definition) is 1. The quantitative estimate of drug-likeness (QED) is 0.895. The fraction of sp³-hybridized carbons (Fsp3) is 0.417. The summed E-state index contributed by atoms with van der Waals surface area (Å²) in [6, 6.07) is 3.64. The molecular weight excluding hydrogens is 252 g/mol.